The van der Waals surface area contributed by atoms with E-state index >= 15 is 0 Å². The van der Waals surface area contributed by atoms with E-state index in [1.165, 1.54) is 17.7 Å². The second-order valence-corrected chi connectivity index (χ2v) is 6.09. The van der Waals surface area contributed by atoms with Crippen LogP contribution in [0.4, 0.5) is 5.82 Å². The number of hydrogen-bond acceptors (Lipinski definition) is 6. The summed E-state index contributed by atoms with van der Waals surface area (Å²) in [6, 6.07) is 0.145. The Morgan fingerprint density at radius 3 is 3.05 bits per heavy atom. The van der Waals surface area contributed by atoms with Gasteiger partial charge in [-0.3, -0.25) is 0 Å². The number of hydrogen-bond donors (Lipinski definition) is 2. The lowest BCUT2D eigenvalue weighted by Crippen LogP contribution is -2.43. The van der Waals surface area contributed by atoms with Gasteiger partial charge < -0.3 is 15.7 Å². The van der Waals surface area contributed by atoms with Crippen molar-refractivity contribution in [2.45, 2.75) is 25.8 Å². The number of rotatable bonds is 2. The zero-order chi connectivity index (χ0) is 14.3. The van der Waals surface area contributed by atoms with Crippen molar-refractivity contribution in [3.8, 4) is 0 Å². The zero-order valence-corrected chi connectivity index (χ0v) is 12.0. The lowest BCUT2D eigenvalue weighted by Gasteiger charge is -2.32. The van der Waals surface area contributed by atoms with E-state index in [4.69, 9.17) is 5.73 Å². The first-order chi connectivity index (χ1) is 9.58. The summed E-state index contributed by atoms with van der Waals surface area (Å²) >= 11 is 1.20. The molecule has 2 aromatic rings. The molecule has 0 radical (unpaired) electrons. The average Bonchev–Trinajstić information content (AvgIpc) is 2.76. The molecular formula is C13H16N4O2S. The number of aromatic nitrogens is 2. The van der Waals surface area contributed by atoms with E-state index in [-0.39, 0.29) is 6.04 Å². The molecule has 106 valence electrons. The monoisotopic (exact) mass is 292 g/mol. The third kappa shape index (κ3) is 2.12. The molecule has 1 unspecified atom stereocenters. The van der Waals surface area contributed by atoms with Crippen molar-refractivity contribution < 1.29 is 9.90 Å². The predicted molar refractivity (Wildman–Crippen MR) is 78.5 cm³/mol. The molecule has 3 N–H and O–H groups in total. The molecule has 1 fully saturated rings. The molecule has 1 aliphatic rings. The van der Waals surface area contributed by atoms with Gasteiger partial charge in [-0.05, 0) is 25.3 Å². The van der Waals surface area contributed by atoms with Crippen molar-refractivity contribution in [1.29, 1.82) is 0 Å². The summed E-state index contributed by atoms with van der Waals surface area (Å²) in [6.45, 7) is 3.47. The Balaban J connectivity index is 2.13. The van der Waals surface area contributed by atoms with E-state index in [1.54, 1.807) is 0 Å². The van der Waals surface area contributed by atoms with Gasteiger partial charge in [0.15, 0.2) is 0 Å². The molecule has 3 heterocycles. The van der Waals surface area contributed by atoms with E-state index in [9.17, 15) is 9.90 Å². The summed E-state index contributed by atoms with van der Waals surface area (Å²) < 4.78 is 0. The van der Waals surface area contributed by atoms with Crippen LogP contribution < -0.4 is 10.6 Å². The van der Waals surface area contributed by atoms with Gasteiger partial charge >= 0.3 is 5.97 Å². The Morgan fingerprint density at radius 2 is 2.35 bits per heavy atom. The van der Waals surface area contributed by atoms with Crippen LogP contribution in [0, 0.1) is 6.92 Å². The van der Waals surface area contributed by atoms with Crippen LogP contribution in [0.1, 0.15) is 28.1 Å². The minimum Gasteiger partial charge on any atom is -0.477 e. The van der Waals surface area contributed by atoms with E-state index in [2.05, 4.69) is 14.9 Å². The van der Waals surface area contributed by atoms with Crippen LogP contribution in [-0.2, 0) is 0 Å². The lowest BCUT2D eigenvalue weighted by atomic mass is 10.1. The van der Waals surface area contributed by atoms with Gasteiger partial charge in [-0.1, -0.05) is 0 Å². The van der Waals surface area contributed by atoms with Crippen LogP contribution in [0.25, 0.3) is 10.2 Å². The second kappa shape index (κ2) is 4.99. The molecule has 20 heavy (non-hydrogen) atoms. The Bertz CT molecular complexity index is 670. The number of piperidine rings is 1. The molecule has 1 aliphatic heterocycles. The number of nitrogens with zero attached hydrogens (tertiary/aromatic N) is 3. The molecule has 0 spiro atoms. The number of carbonyl (C=O) groups is 1. The summed E-state index contributed by atoms with van der Waals surface area (Å²) in [5.74, 6) is -0.0989. The molecule has 7 heteroatoms. The predicted octanol–water partition coefficient (Wildman–Crippen LogP) is 1.63. The van der Waals surface area contributed by atoms with Crippen LogP contribution in [0.15, 0.2) is 6.33 Å². The summed E-state index contributed by atoms with van der Waals surface area (Å²) in [4.78, 5) is 23.0. The molecule has 1 saturated heterocycles. The fraction of sp³-hybridized carbons (Fsp3) is 0.462. The van der Waals surface area contributed by atoms with Gasteiger partial charge in [0.1, 0.15) is 21.9 Å². The third-order valence-corrected chi connectivity index (χ3v) is 4.85. The lowest BCUT2D eigenvalue weighted by molar-refractivity contribution is 0.0701. The maximum Gasteiger partial charge on any atom is 0.346 e. The maximum absolute atomic E-state index is 11.3. The normalized spacial score (nSPS) is 19.5. The van der Waals surface area contributed by atoms with Crippen molar-refractivity contribution in [2.24, 2.45) is 5.73 Å². The SMILES string of the molecule is Cc1c(C(=O)O)sc2ncnc(N3CCCC(N)C3)c12. The highest BCUT2D eigenvalue weighted by molar-refractivity contribution is 7.20. The standard InChI is InChI=1S/C13H16N4O2S/c1-7-9-11(17-4-2-3-8(14)5-17)15-6-16-12(9)20-10(7)13(18)19/h6,8H,2-5,14H2,1H3,(H,18,19). The van der Waals surface area contributed by atoms with Gasteiger partial charge in [-0.25, -0.2) is 14.8 Å². The van der Waals surface area contributed by atoms with Crippen molar-refractivity contribution in [3.63, 3.8) is 0 Å². The topological polar surface area (TPSA) is 92.3 Å². The Hall–Kier alpha value is -1.73. The number of thiophene rings is 1. The molecule has 0 amide bonds. The first kappa shape index (κ1) is 13.3. The van der Waals surface area contributed by atoms with Crippen LogP contribution in [0.5, 0.6) is 0 Å². The second-order valence-electron chi connectivity index (χ2n) is 5.09. The first-order valence-corrected chi connectivity index (χ1v) is 7.37. The van der Waals surface area contributed by atoms with Gasteiger partial charge in [0.05, 0.1) is 5.39 Å². The van der Waals surface area contributed by atoms with E-state index in [1.807, 2.05) is 6.92 Å². The minimum absolute atomic E-state index is 0.145. The number of anilines is 1. The van der Waals surface area contributed by atoms with Crippen LogP contribution in [-0.4, -0.2) is 40.2 Å². The molecule has 1 atom stereocenters. The van der Waals surface area contributed by atoms with Crippen LogP contribution in [0.2, 0.25) is 0 Å². The van der Waals surface area contributed by atoms with Crippen LogP contribution in [0.3, 0.4) is 0 Å². The molecule has 2 aromatic heterocycles. The van der Waals surface area contributed by atoms with Gasteiger partial charge in [0.25, 0.3) is 0 Å². The number of fused-ring (bicyclic) bond motifs is 1. The highest BCUT2D eigenvalue weighted by Crippen LogP contribution is 2.35. The highest BCUT2D eigenvalue weighted by Gasteiger charge is 2.24. The van der Waals surface area contributed by atoms with Crippen molar-refractivity contribution >= 4 is 33.3 Å². The van der Waals surface area contributed by atoms with Gasteiger partial charge in [-0.2, -0.15) is 0 Å². The summed E-state index contributed by atoms with van der Waals surface area (Å²) in [5, 5.41) is 10.1. The summed E-state index contributed by atoms with van der Waals surface area (Å²) in [6.07, 6.45) is 3.55. The van der Waals surface area contributed by atoms with Gasteiger partial charge in [0.2, 0.25) is 0 Å². The van der Waals surface area contributed by atoms with E-state index < -0.39 is 5.97 Å². The number of nitrogens with two attached hydrogens (primary N) is 1. The summed E-state index contributed by atoms with van der Waals surface area (Å²) in [7, 11) is 0. The summed E-state index contributed by atoms with van der Waals surface area (Å²) in [5.41, 5.74) is 6.76. The van der Waals surface area contributed by atoms with Crippen molar-refractivity contribution in [3.05, 3.63) is 16.8 Å². The number of carboxylic acids is 1. The van der Waals surface area contributed by atoms with Gasteiger partial charge in [-0.15, -0.1) is 11.3 Å². The van der Waals surface area contributed by atoms with E-state index in [0.29, 0.717) is 4.88 Å². The average molecular weight is 292 g/mol. The Morgan fingerprint density at radius 1 is 1.55 bits per heavy atom. The quantitative estimate of drug-likeness (QED) is 0.874. The first-order valence-electron chi connectivity index (χ1n) is 6.56. The minimum atomic E-state index is -0.910. The van der Waals surface area contributed by atoms with Crippen molar-refractivity contribution in [2.75, 3.05) is 18.0 Å². The fourth-order valence-corrected chi connectivity index (χ4v) is 3.68. The molecule has 3 rings (SSSR count). The third-order valence-electron chi connectivity index (χ3n) is 3.66. The van der Waals surface area contributed by atoms with Gasteiger partial charge in [0, 0.05) is 19.1 Å². The highest BCUT2D eigenvalue weighted by atomic mass is 32.1. The Kier molecular flexibility index (Phi) is 3.31. The zero-order valence-electron chi connectivity index (χ0n) is 11.2. The Labute approximate surface area is 120 Å². The molecule has 0 saturated carbocycles. The fourth-order valence-electron chi connectivity index (χ4n) is 2.70. The smallest absolute Gasteiger partial charge is 0.346 e. The number of aromatic carboxylic acids is 1. The van der Waals surface area contributed by atoms with E-state index in [0.717, 1.165) is 47.5 Å². The number of carboxylic acid groups (broad SMARTS) is 1. The molecular weight excluding hydrogens is 276 g/mol. The largest absolute Gasteiger partial charge is 0.477 e. The van der Waals surface area contributed by atoms with Crippen molar-refractivity contribution in [1.82, 2.24) is 9.97 Å². The maximum atomic E-state index is 11.3. The molecule has 0 aliphatic carbocycles. The molecule has 0 aromatic carbocycles. The van der Waals surface area contributed by atoms with Crippen LogP contribution >= 0.6 is 11.3 Å². The molecule has 6 nitrogen and oxygen atoms in total. The molecule has 0 bridgehead atoms. The number of aryl methyl sites for hydroxylation is 1.